The largest absolute Gasteiger partial charge is 0.372 e. The van der Waals surface area contributed by atoms with Gasteiger partial charge in [0.05, 0.1) is 12.2 Å². The van der Waals surface area contributed by atoms with E-state index in [9.17, 15) is 0 Å². The van der Waals surface area contributed by atoms with Crippen molar-refractivity contribution in [2.75, 3.05) is 46.3 Å². The summed E-state index contributed by atoms with van der Waals surface area (Å²) < 4.78 is 6.08. The minimum atomic E-state index is 0.441. The molecule has 2 saturated heterocycles. The van der Waals surface area contributed by atoms with Crippen molar-refractivity contribution in [3.05, 3.63) is 0 Å². The molecule has 0 amide bonds. The molecule has 2 aliphatic heterocycles. The van der Waals surface area contributed by atoms with Crippen LogP contribution in [-0.4, -0.2) is 74.4 Å². The molecule has 4 heteroatoms. The number of nitrogens with zero attached hydrogens (tertiary/aromatic N) is 2. The summed E-state index contributed by atoms with van der Waals surface area (Å²) in [7, 11) is 2.00. The van der Waals surface area contributed by atoms with Gasteiger partial charge < -0.3 is 10.1 Å². The van der Waals surface area contributed by atoms with Crippen LogP contribution in [0.4, 0.5) is 0 Å². The summed E-state index contributed by atoms with van der Waals surface area (Å²) in [5.74, 6) is 0. The van der Waals surface area contributed by atoms with Crippen molar-refractivity contribution >= 4 is 0 Å². The lowest BCUT2D eigenvalue weighted by Gasteiger charge is -2.38. The molecule has 2 heterocycles. The third-order valence-electron chi connectivity index (χ3n) is 4.71. The van der Waals surface area contributed by atoms with E-state index in [1.165, 1.54) is 45.4 Å². The van der Waals surface area contributed by atoms with Crippen LogP contribution in [0.5, 0.6) is 0 Å². The van der Waals surface area contributed by atoms with Crippen molar-refractivity contribution < 1.29 is 4.74 Å². The fourth-order valence-electron chi connectivity index (χ4n) is 3.23. The molecule has 0 saturated carbocycles. The topological polar surface area (TPSA) is 27.7 Å². The van der Waals surface area contributed by atoms with Gasteiger partial charge in [0.1, 0.15) is 0 Å². The Balaban J connectivity index is 1.66. The fraction of sp³-hybridized carbons (Fsp3) is 1.00. The van der Waals surface area contributed by atoms with Crippen LogP contribution < -0.4 is 5.32 Å². The van der Waals surface area contributed by atoms with Crippen molar-refractivity contribution in [3.8, 4) is 0 Å². The highest BCUT2D eigenvalue weighted by atomic mass is 16.5. The van der Waals surface area contributed by atoms with Gasteiger partial charge in [0.2, 0.25) is 0 Å². The molecule has 2 aliphatic rings. The molecule has 0 spiro atoms. The van der Waals surface area contributed by atoms with Gasteiger partial charge in [-0.05, 0) is 33.2 Å². The zero-order chi connectivity index (χ0) is 13.7. The number of piperazine rings is 1. The van der Waals surface area contributed by atoms with Gasteiger partial charge in [0.15, 0.2) is 0 Å². The second kappa shape index (κ2) is 7.58. The van der Waals surface area contributed by atoms with Crippen LogP contribution in [0.1, 0.15) is 33.1 Å². The summed E-state index contributed by atoms with van der Waals surface area (Å²) in [6, 6.07) is 0.741. The molecule has 1 N–H and O–H groups in total. The van der Waals surface area contributed by atoms with Gasteiger partial charge >= 0.3 is 0 Å². The molecule has 3 unspecified atom stereocenters. The summed E-state index contributed by atoms with van der Waals surface area (Å²) >= 11 is 0. The lowest BCUT2D eigenvalue weighted by atomic mass is 10.1. The minimum Gasteiger partial charge on any atom is -0.372 e. The predicted octanol–water partition coefficient (Wildman–Crippen LogP) is 1.17. The third-order valence-corrected chi connectivity index (χ3v) is 4.71. The molecule has 3 atom stereocenters. The average molecular weight is 269 g/mol. The van der Waals surface area contributed by atoms with Crippen LogP contribution in [0.25, 0.3) is 0 Å². The van der Waals surface area contributed by atoms with Crippen LogP contribution in [-0.2, 0) is 4.74 Å². The van der Waals surface area contributed by atoms with Crippen LogP contribution in [0.2, 0.25) is 0 Å². The molecule has 0 aromatic rings. The Bertz CT molecular complexity index is 254. The highest BCUT2D eigenvalue weighted by Gasteiger charge is 2.28. The Morgan fingerprint density at radius 1 is 1.16 bits per heavy atom. The smallest absolute Gasteiger partial charge is 0.0707 e. The zero-order valence-corrected chi connectivity index (χ0v) is 12.9. The standard InChI is InChI=1S/C15H31N3O/c1-4-13(2)18-9-7-17(8-10-18)12-15-6-5-14(19-15)11-16-3/h13-16H,4-12H2,1-3H3. The molecule has 4 nitrogen and oxygen atoms in total. The Kier molecular flexibility index (Phi) is 6.07. The van der Waals surface area contributed by atoms with E-state index in [1.54, 1.807) is 0 Å². The van der Waals surface area contributed by atoms with Crippen molar-refractivity contribution in [2.45, 2.75) is 51.4 Å². The van der Waals surface area contributed by atoms with Gasteiger partial charge in [-0.3, -0.25) is 9.80 Å². The molecule has 19 heavy (non-hydrogen) atoms. The first-order valence-corrected chi connectivity index (χ1v) is 7.99. The maximum Gasteiger partial charge on any atom is 0.0707 e. The zero-order valence-electron chi connectivity index (χ0n) is 12.9. The van der Waals surface area contributed by atoms with E-state index in [-0.39, 0.29) is 0 Å². The second-order valence-corrected chi connectivity index (χ2v) is 6.11. The van der Waals surface area contributed by atoms with Crippen molar-refractivity contribution in [1.82, 2.24) is 15.1 Å². The molecular formula is C15H31N3O. The Morgan fingerprint density at radius 3 is 2.47 bits per heavy atom. The van der Waals surface area contributed by atoms with Crippen LogP contribution >= 0.6 is 0 Å². The lowest BCUT2D eigenvalue weighted by Crippen LogP contribution is -2.51. The van der Waals surface area contributed by atoms with E-state index in [0.29, 0.717) is 12.2 Å². The number of hydrogen-bond donors (Lipinski definition) is 1. The summed E-state index contributed by atoms with van der Waals surface area (Å²) in [6.07, 6.45) is 4.62. The highest BCUT2D eigenvalue weighted by Crippen LogP contribution is 2.20. The highest BCUT2D eigenvalue weighted by molar-refractivity contribution is 4.81. The predicted molar refractivity (Wildman–Crippen MR) is 79.6 cm³/mol. The number of nitrogens with one attached hydrogen (secondary N) is 1. The van der Waals surface area contributed by atoms with Crippen LogP contribution in [0.15, 0.2) is 0 Å². The summed E-state index contributed by atoms with van der Waals surface area (Å²) in [6.45, 7) is 11.6. The first kappa shape index (κ1) is 15.2. The van der Waals surface area contributed by atoms with Gasteiger partial charge in [-0.1, -0.05) is 6.92 Å². The fourth-order valence-corrected chi connectivity index (χ4v) is 3.23. The second-order valence-electron chi connectivity index (χ2n) is 6.11. The molecular weight excluding hydrogens is 238 g/mol. The minimum absolute atomic E-state index is 0.441. The first-order chi connectivity index (χ1) is 9.22. The Morgan fingerprint density at radius 2 is 1.84 bits per heavy atom. The maximum atomic E-state index is 6.08. The Labute approximate surface area is 118 Å². The van der Waals surface area contributed by atoms with Crippen molar-refractivity contribution in [2.24, 2.45) is 0 Å². The summed E-state index contributed by atoms with van der Waals surface area (Å²) in [5, 5.41) is 3.21. The van der Waals surface area contributed by atoms with E-state index in [2.05, 4.69) is 29.0 Å². The molecule has 0 radical (unpaired) electrons. The number of ether oxygens (including phenoxy) is 1. The molecule has 0 aliphatic carbocycles. The van der Waals surface area contributed by atoms with Gasteiger partial charge in [0, 0.05) is 45.3 Å². The van der Waals surface area contributed by atoms with Crippen molar-refractivity contribution in [1.29, 1.82) is 0 Å². The van der Waals surface area contributed by atoms with Crippen molar-refractivity contribution in [3.63, 3.8) is 0 Å². The Hall–Kier alpha value is -0.160. The summed E-state index contributed by atoms with van der Waals surface area (Å²) in [4.78, 5) is 5.21. The van der Waals surface area contributed by atoms with E-state index in [4.69, 9.17) is 4.74 Å². The van der Waals surface area contributed by atoms with Gasteiger partial charge in [0.25, 0.3) is 0 Å². The van der Waals surface area contributed by atoms with Gasteiger partial charge in [-0.25, -0.2) is 0 Å². The quantitative estimate of drug-likeness (QED) is 0.783. The lowest BCUT2D eigenvalue weighted by molar-refractivity contribution is 0.00957. The van der Waals surface area contributed by atoms with E-state index in [0.717, 1.165) is 19.1 Å². The molecule has 0 bridgehead atoms. The average Bonchev–Trinajstić information content (AvgIpc) is 2.86. The summed E-state index contributed by atoms with van der Waals surface area (Å²) in [5.41, 5.74) is 0. The monoisotopic (exact) mass is 269 g/mol. The van der Waals surface area contributed by atoms with Gasteiger partial charge in [-0.2, -0.15) is 0 Å². The normalized spacial score (nSPS) is 31.7. The van der Waals surface area contributed by atoms with E-state index in [1.807, 2.05) is 7.05 Å². The van der Waals surface area contributed by atoms with Crippen LogP contribution in [0, 0.1) is 0 Å². The molecule has 0 aromatic heterocycles. The van der Waals surface area contributed by atoms with E-state index < -0.39 is 0 Å². The first-order valence-electron chi connectivity index (χ1n) is 7.99. The molecule has 0 aromatic carbocycles. The number of rotatable bonds is 6. The SMILES string of the molecule is CCC(C)N1CCN(CC2CCC(CNC)O2)CC1. The molecule has 2 fully saturated rings. The third kappa shape index (κ3) is 4.42. The maximum absolute atomic E-state index is 6.08. The number of hydrogen-bond acceptors (Lipinski definition) is 4. The molecule has 112 valence electrons. The molecule has 2 rings (SSSR count). The van der Waals surface area contributed by atoms with E-state index >= 15 is 0 Å². The number of likely N-dealkylation sites (N-methyl/N-ethyl adjacent to an activating group) is 1. The van der Waals surface area contributed by atoms with Gasteiger partial charge in [-0.15, -0.1) is 0 Å². The van der Waals surface area contributed by atoms with Crippen LogP contribution in [0.3, 0.4) is 0 Å².